The molecule has 32 heavy (non-hydrogen) atoms. The lowest BCUT2D eigenvalue weighted by molar-refractivity contribution is 0.182. The molecule has 1 aliphatic carbocycles. The van der Waals surface area contributed by atoms with E-state index < -0.39 is 20.5 Å². The van der Waals surface area contributed by atoms with E-state index in [0.717, 1.165) is 6.42 Å². The van der Waals surface area contributed by atoms with E-state index in [2.05, 4.69) is 15.3 Å². The second-order valence-electron chi connectivity index (χ2n) is 9.07. The number of pyridine rings is 2. The van der Waals surface area contributed by atoms with Crippen LogP contribution in [0, 0.1) is 5.95 Å². The van der Waals surface area contributed by atoms with Crippen molar-refractivity contribution in [3.63, 3.8) is 0 Å². The molecule has 3 aromatic heterocycles. The molecule has 172 valence electrons. The molecule has 4 rings (SSSR count). The average Bonchev–Trinajstić information content (AvgIpc) is 3.31. The maximum Gasteiger partial charge on any atom is 0.215 e. The van der Waals surface area contributed by atoms with Crippen LogP contribution in [-0.4, -0.2) is 51.9 Å². The molecule has 0 saturated heterocycles. The van der Waals surface area contributed by atoms with E-state index in [9.17, 15) is 17.9 Å². The molecule has 10 heteroatoms. The minimum Gasteiger partial charge on any atom is -0.495 e. The van der Waals surface area contributed by atoms with Crippen LogP contribution in [0.1, 0.15) is 40.0 Å². The number of imidazole rings is 1. The lowest BCUT2D eigenvalue weighted by Gasteiger charge is -2.21. The van der Waals surface area contributed by atoms with Crippen molar-refractivity contribution in [3.8, 4) is 17.0 Å². The maximum atomic E-state index is 14.4. The maximum absolute atomic E-state index is 14.4. The van der Waals surface area contributed by atoms with Crippen LogP contribution in [0.2, 0.25) is 0 Å². The summed E-state index contributed by atoms with van der Waals surface area (Å²) in [6.45, 7) is 4.87. The summed E-state index contributed by atoms with van der Waals surface area (Å²) in [5.41, 5.74) is 1.48. The molecule has 3 heterocycles. The highest BCUT2D eigenvalue weighted by Gasteiger charge is 2.34. The highest BCUT2D eigenvalue weighted by molar-refractivity contribution is 7.92. The monoisotopic (exact) mass is 462 g/mol. The zero-order chi connectivity index (χ0) is 23.3. The molecule has 0 bridgehead atoms. The molecular formula is C22H27FN4O4S. The van der Waals surface area contributed by atoms with Gasteiger partial charge < -0.3 is 15.2 Å². The zero-order valence-corrected chi connectivity index (χ0v) is 19.3. The third-order valence-corrected chi connectivity index (χ3v) is 8.24. The van der Waals surface area contributed by atoms with Gasteiger partial charge in [-0.2, -0.15) is 4.39 Å². The van der Waals surface area contributed by atoms with Gasteiger partial charge in [0.1, 0.15) is 22.1 Å². The standard InChI is InChI=1S/C22H27FN4O4S/c1-22(2,3)32(29,30)18-12-27-16(11-24-21(27)10-17(18)31-4)13-7-19(23)26-20(8-13)25-14-5-6-15(28)9-14/h7-8,10-12,14-15,28H,5-6,9H2,1-4H3,(H,25,26)/t14-,15-/m1/s1. The van der Waals surface area contributed by atoms with Gasteiger partial charge in [-0.25, -0.2) is 18.4 Å². The Morgan fingerprint density at radius 1 is 1.25 bits per heavy atom. The minimum atomic E-state index is -3.72. The smallest absolute Gasteiger partial charge is 0.215 e. The molecule has 1 saturated carbocycles. The van der Waals surface area contributed by atoms with Crippen molar-refractivity contribution in [2.75, 3.05) is 12.4 Å². The molecule has 8 nitrogen and oxygen atoms in total. The normalized spacial score (nSPS) is 19.4. The molecular weight excluding hydrogens is 435 g/mol. The number of sulfone groups is 1. The quantitative estimate of drug-likeness (QED) is 0.560. The number of nitrogens with one attached hydrogen (secondary N) is 1. The molecule has 0 spiro atoms. The number of aliphatic hydroxyl groups is 1. The fraction of sp³-hybridized carbons (Fsp3) is 0.455. The van der Waals surface area contributed by atoms with Gasteiger partial charge in [0.25, 0.3) is 0 Å². The van der Waals surface area contributed by atoms with Gasteiger partial charge in [0.2, 0.25) is 5.95 Å². The fourth-order valence-corrected chi connectivity index (χ4v) is 5.22. The Morgan fingerprint density at radius 3 is 2.62 bits per heavy atom. The number of halogens is 1. The molecule has 2 N–H and O–H groups in total. The molecule has 0 unspecified atom stereocenters. The third-order valence-electron chi connectivity index (χ3n) is 5.74. The largest absolute Gasteiger partial charge is 0.495 e. The van der Waals surface area contributed by atoms with Crippen molar-refractivity contribution in [2.24, 2.45) is 0 Å². The van der Waals surface area contributed by atoms with Crippen molar-refractivity contribution in [3.05, 3.63) is 36.5 Å². The van der Waals surface area contributed by atoms with Crippen LogP contribution in [0.4, 0.5) is 10.2 Å². The Balaban J connectivity index is 1.81. The first-order valence-electron chi connectivity index (χ1n) is 10.4. The van der Waals surface area contributed by atoms with Gasteiger partial charge in [-0.05, 0) is 46.1 Å². The Bertz CT molecular complexity index is 1270. The Morgan fingerprint density at radius 2 is 2.00 bits per heavy atom. The highest BCUT2D eigenvalue weighted by Crippen LogP contribution is 2.35. The highest BCUT2D eigenvalue weighted by atomic mass is 32.2. The first-order valence-corrected chi connectivity index (χ1v) is 11.9. The van der Waals surface area contributed by atoms with Crippen molar-refractivity contribution >= 4 is 21.3 Å². The SMILES string of the molecule is COc1cc2ncc(-c3cc(F)nc(N[C@@H]4CC[C@@H](O)C4)c3)n2cc1S(=O)(=O)C(C)(C)C. The second kappa shape index (κ2) is 8.00. The number of aliphatic hydroxyl groups excluding tert-OH is 1. The molecule has 1 aliphatic rings. The number of hydrogen-bond acceptors (Lipinski definition) is 7. The molecule has 3 aromatic rings. The predicted octanol–water partition coefficient (Wildman–Crippen LogP) is 3.44. The number of aromatic nitrogens is 3. The van der Waals surface area contributed by atoms with Crippen LogP contribution in [0.25, 0.3) is 16.9 Å². The lowest BCUT2D eigenvalue weighted by Crippen LogP contribution is -2.28. The fourth-order valence-electron chi connectivity index (χ4n) is 3.91. The van der Waals surface area contributed by atoms with Gasteiger partial charge in [-0.3, -0.25) is 4.40 Å². The zero-order valence-electron chi connectivity index (χ0n) is 18.5. The van der Waals surface area contributed by atoms with E-state index in [1.165, 1.54) is 19.4 Å². The number of fused-ring (bicyclic) bond motifs is 1. The van der Waals surface area contributed by atoms with Gasteiger partial charge in [0, 0.05) is 29.9 Å². The minimum absolute atomic E-state index is 0.0159. The summed E-state index contributed by atoms with van der Waals surface area (Å²) in [6.07, 6.45) is 4.71. The van der Waals surface area contributed by atoms with Crippen molar-refractivity contribution in [2.45, 2.75) is 61.8 Å². The Kier molecular flexibility index (Phi) is 5.62. The summed E-state index contributed by atoms with van der Waals surface area (Å²) in [5.74, 6) is -0.118. The number of ether oxygens (including phenoxy) is 1. The molecule has 1 fully saturated rings. The summed E-state index contributed by atoms with van der Waals surface area (Å²) in [4.78, 5) is 8.31. The topological polar surface area (TPSA) is 106 Å². The van der Waals surface area contributed by atoms with E-state index in [4.69, 9.17) is 4.74 Å². The van der Waals surface area contributed by atoms with Gasteiger partial charge in [0.15, 0.2) is 9.84 Å². The summed E-state index contributed by atoms with van der Waals surface area (Å²) in [6, 6.07) is 4.54. The van der Waals surface area contributed by atoms with Gasteiger partial charge in [-0.1, -0.05) is 0 Å². The Labute approximate surface area is 186 Å². The number of hydrogen-bond donors (Lipinski definition) is 2. The third kappa shape index (κ3) is 4.04. The van der Waals surface area contributed by atoms with Gasteiger partial charge >= 0.3 is 0 Å². The van der Waals surface area contributed by atoms with E-state index in [1.807, 2.05) is 0 Å². The van der Waals surface area contributed by atoms with Crippen LogP contribution < -0.4 is 10.1 Å². The predicted molar refractivity (Wildman–Crippen MR) is 119 cm³/mol. The second-order valence-corrected chi connectivity index (χ2v) is 11.7. The van der Waals surface area contributed by atoms with Crippen molar-refractivity contribution in [1.82, 2.24) is 14.4 Å². The van der Waals surface area contributed by atoms with Crippen LogP contribution in [0.3, 0.4) is 0 Å². The number of rotatable bonds is 5. The Hall–Kier alpha value is -2.72. The van der Waals surface area contributed by atoms with E-state index >= 15 is 0 Å². The summed E-state index contributed by atoms with van der Waals surface area (Å²) >= 11 is 0. The van der Waals surface area contributed by atoms with E-state index in [0.29, 0.717) is 35.6 Å². The van der Waals surface area contributed by atoms with Gasteiger partial charge in [0.05, 0.1) is 29.9 Å². The first-order chi connectivity index (χ1) is 15.0. The summed E-state index contributed by atoms with van der Waals surface area (Å²) in [5, 5.41) is 12.9. The van der Waals surface area contributed by atoms with Crippen molar-refractivity contribution < 1.29 is 22.7 Å². The lowest BCUT2D eigenvalue weighted by atomic mass is 10.2. The van der Waals surface area contributed by atoms with Crippen LogP contribution in [0.5, 0.6) is 5.75 Å². The molecule has 0 aliphatic heterocycles. The summed E-state index contributed by atoms with van der Waals surface area (Å²) < 4.78 is 46.6. The van der Waals surface area contributed by atoms with Crippen molar-refractivity contribution in [1.29, 1.82) is 0 Å². The van der Waals surface area contributed by atoms with E-state index in [1.54, 1.807) is 43.5 Å². The molecule has 0 amide bonds. The van der Waals surface area contributed by atoms with E-state index in [-0.39, 0.29) is 22.8 Å². The average molecular weight is 463 g/mol. The summed E-state index contributed by atoms with van der Waals surface area (Å²) in [7, 11) is -2.31. The van der Waals surface area contributed by atoms with Gasteiger partial charge in [-0.15, -0.1) is 0 Å². The van der Waals surface area contributed by atoms with Crippen LogP contribution in [0.15, 0.2) is 35.5 Å². The van der Waals surface area contributed by atoms with Crippen LogP contribution in [-0.2, 0) is 9.84 Å². The molecule has 0 aromatic carbocycles. The molecule has 2 atom stereocenters. The number of nitrogens with zero attached hydrogens (tertiary/aromatic N) is 3. The number of anilines is 1. The first kappa shape index (κ1) is 22.5. The molecule has 0 radical (unpaired) electrons. The van der Waals surface area contributed by atoms with Crippen LogP contribution >= 0.6 is 0 Å². The number of methoxy groups -OCH3 is 1.